The predicted octanol–water partition coefficient (Wildman–Crippen LogP) is 2.88. The van der Waals surface area contributed by atoms with E-state index in [4.69, 9.17) is 4.74 Å². The summed E-state index contributed by atoms with van der Waals surface area (Å²) in [5.74, 6) is 1.02. The molecule has 0 saturated heterocycles. The lowest BCUT2D eigenvalue weighted by molar-refractivity contribution is 0.311. The summed E-state index contributed by atoms with van der Waals surface area (Å²) in [7, 11) is 0. The Kier molecular flexibility index (Phi) is 3.08. The first kappa shape index (κ1) is 9.99. The van der Waals surface area contributed by atoms with Crippen molar-refractivity contribution in [3.8, 4) is 5.75 Å². The highest BCUT2D eigenvalue weighted by atomic mass is 79.9. The Hall–Kier alpha value is -0.540. The second-order valence-corrected chi connectivity index (χ2v) is 4.42. The van der Waals surface area contributed by atoms with Crippen LogP contribution in [0, 0.1) is 0 Å². The van der Waals surface area contributed by atoms with Gasteiger partial charge in [-0.2, -0.15) is 0 Å². The summed E-state index contributed by atoms with van der Waals surface area (Å²) in [6.07, 6.45) is 1.15. The van der Waals surface area contributed by atoms with E-state index in [-0.39, 0.29) is 0 Å². The lowest BCUT2D eigenvalue weighted by atomic mass is 10.1. The molecule has 0 bridgehead atoms. The maximum Gasteiger partial charge on any atom is 0.124 e. The van der Waals surface area contributed by atoms with Gasteiger partial charge >= 0.3 is 0 Å². The Morgan fingerprint density at radius 2 is 2.43 bits per heavy atom. The molecule has 0 fully saturated rings. The van der Waals surface area contributed by atoms with Crippen molar-refractivity contribution in [2.45, 2.75) is 19.4 Å². The molecule has 0 aromatic heterocycles. The molecule has 0 amide bonds. The minimum Gasteiger partial charge on any atom is -0.491 e. The van der Waals surface area contributed by atoms with Crippen LogP contribution in [0.4, 0.5) is 0 Å². The molecule has 0 saturated carbocycles. The average Bonchev–Trinajstić information content (AvgIpc) is 2.57. The van der Waals surface area contributed by atoms with E-state index in [1.807, 2.05) is 12.1 Å². The van der Waals surface area contributed by atoms with E-state index in [2.05, 4.69) is 34.2 Å². The van der Waals surface area contributed by atoms with Gasteiger partial charge in [-0.3, -0.25) is 0 Å². The van der Waals surface area contributed by atoms with Crippen molar-refractivity contribution in [3.05, 3.63) is 28.2 Å². The first-order chi connectivity index (χ1) is 6.81. The zero-order chi connectivity index (χ0) is 9.97. The minimum absolute atomic E-state index is 0.363. The third kappa shape index (κ3) is 1.93. The smallest absolute Gasteiger partial charge is 0.124 e. The monoisotopic (exact) mass is 255 g/mol. The maximum atomic E-state index is 5.58. The summed E-state index contributed by atoms with van der Waals surface area (Å²) in [5.41, 5.74) is 1.27. The van der Waals surface area contributed by atoms with Gasteiger partial charge in [-0.15, -0.1) is 0 Å². The highest BCUT2D eigenvalue weighted by Gasteiger charge is 2.23. The van der Waals surface area contributed by atoms with E-state index in [9.17, 15) is 0 Å². The third-order valence-electron chi connectivity index (χ3n) is 2.39. The predicted molar refractivity (Wildman–Crippen MR) is 60.7 cm³/mol. The molecule has 14 heavy (non-hydrogen) atoms. The fourth-order valence-corrected chi connectivity index (χ4v) is 2.05. The van der Waals surface area contributed by atoms with Crippen molar-refractivity contribution in [2.24, 2.45) is 0 Å². The van der Waals surface area contributed by atoms with Crippen molar-refractivity contribution >= 4 is 15.9 Å². The number of hydrogen-bond donors (Lipinski definition) is 1. The second kappa shape index (κ2) is 4.32. The molecule has 1 atom stereocenters. The molecule has 0 spiro atoms. The molecule has 1 aromatic rings. The number of ether oxygens (including phenoxy) is 1. The fourth-order valence-electron chi connectivity index (χ4n) is 1.67. The van der Waals surface area contributed by atoms with Gasteiger partial charge in [0.2, 0.25) is 0 Å². The van der Waals surface area contributed by atoms with Gasteiger partial charge in [-0.05, 0) is 31.2 Å². The summed E-state index contributed by atoms with van der Waals surface area (Å²) < 4.78 is 6.70. The molecule has 1 N–H and O–H groups in total. The number of rotatable bonds is 3. The average molecular weight is 256 g/mol. The van der Waals surface area contributed by atoms with Crippen LogP contribution in [-0.4, -0.2) is 13.2 Å². The maximum absolute atomic E-state index is 5.58. The molecule has 1 aliphatic rings. The van der Waals surface area contributed by atoms with E-state index in [1.165, 1.54) is 5.56 Å². The zero-order valence-corrected chi connectivity index (χ0v) is 9.80. The molecule has 1 heterocycles. The van der Waals surface area contributed by atoms with Crippen LogP contribution < -0.4 is 10.1 Å². The van der Waals surface area contributed by atoms with Gasteiger partial charge in [-0.25, -0.2) is 0 Å². The lowest BCUT2D eigenvalue weighted by Crippen LogP contribution is -2.23. The molecule has 0 radical (unpaired) electrons. The van der Waals surface area contributed by atoms with Crippen LogP contribution in [0.15, 0.2) is 22.7 Å². The van der Waals surface area contributed by atoms with Crippen LogP contribution in [0.5, 0.6) is 5.75 Å². The largest absolute Gasteiger partial charge is 0.491 e. The van der Waals surface area contributed by atoms with Crippen LogP contribution in [0.1, 0.15) is 24.9 Å². The lowest BCUT2D eigenvalue weighted by Gasteiger charge is -2.10. The minimum atomic E-state index is 0.363. The Labute approximate surface area is 92.8 Å². The number of fused-ring (bicyclic) bond motifs is 1. The molecular weight excluding hydrogens is 242 g/mol. The summed E-state index contributed by atoms with van der Waals surface area (Å²) in [6, 6.07) is 6.53. The van der Waals surface area contributed by atoms with E-state index in [0.717, 1.165) is 29.8 Å². The van der Waals surface area contributed by atoms with E-state index >= 15 is 0 Å². The van der Waals surface area contributed by atoms with Crippen LogP contribution in [0.3, 0.4) is 0 Å². The molecule has 0 aliphatic carbocycles. The Balaban J connectivity index is 2.16. The third-order valence-corrected chi connectivity index (χ3v) is 2.89. The molecule has 1 aromatic carbocycles. The Morgan fingerprint density at radius 3 is 3.21 bits per heavy atom. The summed E-state index contributed by atoms with van der Waals surface area (Å²) in [4.78, 5) is 0. The van der Waals surface area contributed by atoms with E-state index in [1.54, 1.807) is 0 Å². The van der Waals surface area contributed by atoms with Crippen molar-refractivity contribution in [2.75, 3.05) is 13.2 Å². The van der Waals surface area contributed by atoms with Gasteiger partial charge in [0, 0.05) is 10.0 Å². The number of nitrogens with one attached hydrogen (secondary N) is 1. The topological polar surface area (TPSA) is 21.3 Å². The van der Waals surface area contributed by atoms with Crippen molar-refractivity contribution in [1.29, 1.82) is 0 Å². The van der Waals surface area contributed by atoms with Crippen LogP contribution in [0.25, 0.3) is 0 Å². The highest BCUT2D eigenvalue weighted by molar-refractivity contribution is 9.10. The molecule has 1 aliphatic heterocycles. The second-order valence-electron chi connectivity index (χ2n) is 3.50. The van der Waals surface area contributed by atoms with Gasteiger partial charge < -0.3 is 10.1 Å². The SMILES string of the molecule is CCCNC1COc2ccc(Br)cc21. The van der Waals surface area contributed by atoms with Gasteiger partial charge in [0.05, 0.1) is 6.04 Å². The number of halogens is 1. The summed E-state index contributed by atoms with van der Waals surface area (Å²) in [6.45, 7) is 3.97. The molecule has 2 nitrogen and oxygen atoms in total. The van der Waals surface area contributed by atoms with Crippen LogP contribution >= 0.6 is 15.9 Å². The Bertz CT molecular complexity index is 327. The molecule has 76 valence electrons. The Morgan fingerprint density at radius 1 is 1.57 bits per heavy atom. The normalized spacial score (nSPS) is 19.1. The van der Waals surface area contributed by atoms with Gasteiger partial charge in [0.15, 0.2) is 0 Å². The highest BCUT2D eigenvalue weighted by Crippen LogP contribution is 2.34. The first-order valence-corrected chi connectivity index (χ1v) is 5.76. The van der Waals surface area contributed by atoms with E-state index < -0.39 is 0 Å². The van der Waals surface area contributed by atoms with Gasteiger partial charge in [-0.1, -0.05) is 22.9 Å². The van der Waals surface area contributed by atoms with Gasteiger partial charge in [0.25, 0.3) is 0 Å². The quantitative estimate of drug-likeness (QED) is 0.897. The number of hydrogen-bond acceptors (Lipinski definition) is 2. The molecule has 3 heteroatoms. The standard InChI is InChI=1S/C11H14BrNO/c1-2-5-13-10-7-14-11-4-3-8(12)6-9(10)11/h3-4,6,10,13H,2,5,7H2,1H3. The first-order valence-electron chi connectivity index (χ1n) is 4.97. The zero-order valence-electron chi connectivity index (χ0n) is 8.22. The van der Waals surface area contributed by atoms with Crippen molar-refractivity contribution < 1.29 is 4.74 Å². The molecule has 1 unspecified atom stereocenters. The molecular formula is C11H14BrNO. The van der Waals surface area contributed by atoms with Crippen LogP contribution in [0.2, 0.25) is 0 Å². The van der Waals surface area contributed by atoms with E-state index in [0.29, 0.717) is 6.04 Å². The summed E-state index contributed by atoms with van der Waals surface area (Å²) >= 11 is 3.48. The molecule has 2 rings (SSSR count). The van der Waals surface area contributed by atoms with Crippen molar-refractivity contribution in [3.63, 3.8) is 0 Å². The number of benzene rings is 1. The van der Waals surface area contributed by atoms with Gasteiger partial charge in [0.1, 0.15) is 12.4 Å². The van der Waals surface area contributed by atoms with Crippen molar-refractivity contribution in [1.82, 2.24) is 5.32 Å². The fraction of sp³-hybridized carbons (Fsp3) is 0.455. The van der Waals surface area contributed by atoms with Crippen LogP contribution in [-0.2, 0) is 0 Å². The summed E-state index contributed by atoms with van der Waals surface area (Å²) in [5, 5.41) is 3.47.